The van der Waals surface area contributed by atoms with Crippen LogP contribution >= 0.6 is 0 Å². The maximum Gasteiger partial charge on any atom is 0.269 e. The van der Waals surface area contributed by atoms with Crippen LogP contribution in [0.1, 0.15) is 6.92 Å². The summed E-state index contributed by atoms with van der Waals surface area (Å²) in [6.45, 7) is 5.15. The van der Waals surface area contributed by atoms with Crippen LogP contribution in [0.3, 0.4) is 0 Å². The Morgan fingerprint density at radius 2 is 2.20 bits per heavy atom. The van der Waals surface area contributed by atoms with Crippen molar-refractivity contribution in [1.29, 1.82) is 0 Å². The summed E-state index contributed by atoms with van der Waals surface area (Å²) in [6, 6.07) is 0. The van der Waals surface area contributed by atoms with E-state index in [4.69, 9.17) is 4.55 Å². The fourth-order valence-electron chi connectivity index (χ4n) is 0.518. The van der Waals surface area contributed by atoms with Gasteiger partial charge in [0.1, 0.15) is 0 Å². The summed E-state index contributed by atoms with van der Waals surface area (Å²) in [5, 5.41) is 0. The van der Waals surface area contributed by atoms with Crippen LogP contribution in [0.15, 0.2) is 24.3 Å². The molecular weight excluding hydrogens is 152 g/mol. The predicted molar refractivity (Wildman–Crippen MR) is 40.4 cm³/mol. The second-order valence-corrected chi connectivity index (χ2v) is 3.34. The SMILES string of the molecule is C=C(C=CC)CS(=O)(=O)O. The van der Waals surface area contributed by atoms with Gasteiger partial charge in [-0.15, -0.1) is 0 Å². The van der Waals surface area contributed by atoms with Crippen LogP contribution in [-0.2, 0) is 10.1 Å². The van der Waals surface area contributed by atoms with Crippen molar-refractivity contribution in [2.75, 3.05) is 5.75 Å². The zero-order valence-corrected chi connectivity index (χ0v) is 6.56. The van der Waals surface area contributed by atoms with E-state index in [0.29, 0.717) is 5.57 Å². The molecule has 0 bridgehead atoms. The highest BCUT2D eigenvalue weighted by molar-refractivity contribution is 7.86. The van der Waals surface area contributed by atoms with Crippen molar-refractivity contribution in [2.45, 2.75) is 6.92 Å². The minimum absolute atomic E-state index is 0.380. The molecule has 0 spiro atoms. The number of hydrogen-bond acceptors (Lipinski definition) is 2. The van der Waals surface area contributed by atoms with Crippen molar-refractivity contribution in [1.82, 2.24) is 0 Å². The van der Waals surface area contributed by atoms with Gasteiger partial charge in [0.15, 0.2) is 0 Å². The largest absolute Gasteiger partial charge is 0.285 e. The Hall–Kier alpha value is -0.610. The lowest BCUT2D eigenvalue weighted by Gasteiger charge is -1.93. The number of rotatable bonds is 3. The molecule has 0 rings (SSSR count). The van der Waals surface area contributed by atoms with Gasteiger partial charge >= 0.3 is 0 Å². The summed E-state index contributed by atoms with van der Waals surface area (Å²) in [4.78, 5) is 0. The van der Waals surface area contributed by atoms with E-state index in [1.807, 2.05) is 0 Å². The summed E-state index contributed by atoms with van der Waals surface area (Å²) < 4.78 is 28.6. The Balaban J connectivity index is 4.07. The quantitative estimate of drug-likeness (QED) is 0.497. The summed E-state index contributed by atoms with van der Waals surface area (Å²) >= 11 is 0. The molecule has 4 heteroatoms. The summed E-state index contributed by atoms with van der Waals surface area (Å²) in [7, 11) is -3.90. The Morgan fingerprint density at radius 1 is 1.70 bits per heavy atom. The van der Waals surface area contributed by atoms with Gasteiger partial charge in [0.05, 0.1) is 5.75 Å². The highest BCUT2D eigenvalue weighted by Crippen LogP contribution is 1.96. The summed E-state index contributed by atoms with van der Waals surface area (Å²) in [6.07, 6.45) is 3.20. The minimum atomic E-state index is -3.90. The van der Waals surface area contributed by atoms with Gasteiger partial charge < -0.3 is 0 Å². The van der Waals surface area contributed by atoms with Crippen LogP contribution in [0.25, 0.3) is 0 Å². The van der Waals surface area contributed by atoms with Crippen molar-refractivity contribution in [2.24, 2.45) is 0 Å². The minimum Gasteiger partial charge on any atom is -0.285 e. The van der Waals surface area contributed by atoms with Crippen LogP contribution in [0.4, 0.5) is 0 Å². The van der Waals surface area contributed by atoms with E-state index in [9.17, 15) is 8.42 Å². The van der Waals surface area contributed by atoms with Crippen molar-refractivity contribution >= 4 is 10.1 Å². The molecule has 0 aromatic carbocycles. The Kier molecular flexibility index (Phi) is 3.32. The third-order valence-electron chi connectivity index (χ3n) is 0.770. The molecule has 3 nitrogen and oxygen atoms in total. The second-order valence-electron chi connectivity index (χ2n) is 1.88. The molecule has 58 valence electrons. The van der Waals surface area contributed by atoms with E-state index in [0.717, 1.165) is 0 Å². The fraction of sp³-hybridized carbons (Fsp3) is 0.333. The molecule has 0 atom stereocenters. The first-order chi connectivity index (χ1) is 4.45. The lowest BCUT2D eigenvalue weighted by atomic mass is 10.3. The van der Waals surface area contributed by atoms with E-state index < -0.39 is 15.9 Å². The molecule has 0 amide bonds. The van der Waals surface area contributed by atoms with Gasteiger partial charge in [-0.1, -0.05) is 18.7 Å². The Morgan fingerprint density at radius 3 is 2.50 bits per heavy atom. The van der Waals surface area contributed by atoms with Gasteiger partial charge in [-0.2, -0.15) is 8.42 Å². The third-order valence-corrected chi connectivity index (χ3v) is 1.51. The Labute approximate surface area is 60.8 Å². The zero-order valence-electron chi connectivity index (χ0n) is 5.74. The molecule has 0 fully saturated rings. The molecule has 0 aromatic heterocycles. The predicted octanol–water partition coefficient (Wildman–Crippen LogP) is 1.01. The van der Waals surface area contributed by atoms with E-state index in [1.165, 1.54) is 6.08 Å². The lowest BCUT2D eigenvalue weighted by molar-refractivity contribution is 0.486. The van der Waals surface area contributed by atoms with Crippen LogP contribution < -0.4 is 0 Å². The summed E-state index contributed by atoms with van der Waals surface area (Å²) in [5.41, 5.74) is 0.380. The highest BCUT2D eigenvalue weighted by atomic mass is 32.2. The van der Waals surface area contributed by atoms with Crippen LogP contribution in [0.5, 0.6) is 0 Å². The smallest absolute Gasteiger partial charge is 0.269 e. The molecule has 0 aromatic rings. The molecule has 0 aliphatic heterocycles. The average molecular weight is 162 g/mol. The van der Waals surface area contributed by atoms with Gasteiger partial charge in [0.25, 0.3) is 10.1 Å². The van der Waals surface area contributed by atoms with E-state index >= 15 is 0 Å². The van der Waals surface area contributed by atoms with Crippen LogP contribution in [-0.4, -0.2) is 18.7 Å². The topological polar surface area (TPSA) is 54.4 Å². The first-order valence-electron chi connectivity index (χ1n) is 2.71. The molecule has 0 saturated carbocycles. The molecule has 0 aliphatic rings. The molecule has 10 heavy (non-hydrogen) atoms. The fourth-order valence-corrected chi connectivity index (χ4v) is 1.08. The zero-order chi connectivity index (χ0) is 8.20. The standard InChI is InChI=1S/C6H10O3S/c1-3-4-6(2)5-10(7,8)9/h3-4H,2,5H2,1H3,(H,7,8,9). The van der Waals surface area contributed by atoms with E-state index in [-0.39, 0.29) is 0 Å². The number of hydrogen-bond donors (Lipinski definition) is 1. The summed E-state index contributed by atoms with van der Waals surface area (Å²) in [5.74, 6) is -0.392. The maximum atomic E-state index is 10.2. The first-order valence-corrected chi connectivity index (χ1v) is 4.32. The van der Waals surface area contributed by atoms with Crippen LogP contribution in [0.2, 0.25) is 0 Å². The van der Waals surface area contributed by atoms with Crippen molar-refractivity contribution in [3.8, 4) is 0 Å². The van der Waals surface area contributed by atoms with Crippen molar-refractivity contribution < 1.29 is 13.0 Å². The van der Waals surface area contributed by atoms with Crippen molar-refractivity contribution in [3.63, 3.8) is 0 Å². The van der Waals surface area contributed by atoms with Gasteiger partial charge in [-0.25, -0.2) is 0 Å². The van der Waals surface area contributed by atoms with Crippen LogP contribution in [0, 0.1) is 0 Å². The molecule has 0 saturated heterocycles. The van der Waals surface area contributed by atoms with E-state index in [1.54, 1.807) is 13.0 Å². The van der Waals surface area contributed by atoms with E-state index in [2.05, 4.69) is 6.58 Å². The van der Waals surface area contributed by atoms with Gasteiger partial charge in [-0.3, -0.25) is 4.55 Å². The molecule has 0 radical (unpaired) electrons. The lowest BCUT2D eigenvalue weighted by Crippen LogP contribution is -2.04. The molecule has 0 aliphatic carbocycles. The normalized spacial score (nSPS) is 12.2. The number of allylic oxidation sites excluding steroid dienone is 2. The monoisotopic (exact) mass is 162 g/mol. The van der Waals surface area contributed by atoms with Gasteiger partial charge in [0.2, 0.25) is 0 Å². The highest BCUT2D eigenvalue weighted by Gasteiger charge is 2.03. The van der Waals surface area contributed by atoms with Gasteiger partial charge in [-0.05, 0) is 12.5 Å². The molecule has 0 unspecified atom stereocenters. The molecule has 0 heterocycles. The first kappa shape index (κ1) is 9.39. The van der Waals surface area contributed by atoms with Crippen molar-refractivity contribution in [3.05, 3.63) is 24.3 Å². The average Bonchev–Trinajstić information content (AvgIpc) is 1.59. The van der Waals surface area contributed by atoms with Gasteiger partial charge in [0, 0.05) is 0 Å². The second kappa shape index (κ2) is 3.53. The molecule has 1 N–H and O–H groups in total. The molecular formula is C6H10O3S. The third kappa shape index (κ3) is 5.53. The Bertz CT molecular complexity index is 236. The maximum absolute atomic E-state index is 10.2.